The highest BCUT2D eigenvalue weighted by Crippen LogP contribution is 2.21. The van der Waals surface area contributed by atoms with Gasteiger partial charge in [-0.05, 0) is 18.8 Å². The number of amides is 2. The Labute approximate surface area is 215 Å². The van der Waals surface area contributed by atoms with Crippen molar-refractivity contribution in [1.29, 1.82) is 0 Å². The van der Waals surface area contributed by atoms with Crippen molar-refractivity contribution in [3.63, 3.8) is 0 Å². The summed E-state index contributed by atoms with van der Waals surface area (Å²) in [7, 11) is 1.42. The van der Waals surface area contributed by atoms with E-state index in [-0.39, 0.29) is 6.03 Å². The summed E-state index contributed by atoms with van der Waals surface area (Å²) in [4.78, 5) is 21.0. The Morgan fingerprint density at radius 1 is 0.912 bits per heavy atom. The average Bonchev–Trinajstić information content (AvgIpc) is 3.30. The van der Waals surface area contributed by atoms with Gasteiger partial charge in [-0.1, -0.05) is 104 Å². The molecule has 0 radical (unpaired) electrons. The van der Waals surface area contributed by atoms with E-state index in [1.54, 1.807) is 0 Å². The van der Waals surface area contributed by atoms with Crippen LogP contribution in [0.25, 0.3) is 0 Å². The summed E-state index contributed by atoms with van der Waals surface area (Å²) in [6.07, 6.45) is 20.9. The largest absolute Gasteiger partial charge is 0.336 e. The van der Waals surface area contributed by atoms with Gasteiger partial charge in [-0.2, -0.15) is 13.7 Å². The molecule has 1 unspecified atom stereocenters. The first kappa shape index (κ1) is 30.9. The maximum Gasteiger partial charge on any atom is 0.333 e. The van der Waals surface area contributed by atoms with Crippen molar-refractivity contribution in [3.8, 4) is 0 Å². The minimum atomic E-state index is -0.249. The number of hydrazine groups is 1. The predicted octanol–water partition coefficient (Wildman–Crippen LogP) is 7.65. The Hall–Kier alpha value is -1.10. The third-order valence-corrected chi connectivity index (χ3v) is 7.13. The second kappa shape index (κ2) is 22.4. The number of carbonyl (C=O) groups excluding carboxylic acids is 1. The molecule has 34 heavy (non-hydrogen) atoms. The molecule has 0 aliphatic rings. The fourth-order valence-electron chi connectivity index (χ4n) is 3.88. The van der Waals surface area contributed by atoms with Gasteiger partial charge >= 0.3 is 6.03 Å². The smallest absolute Gasteiger partial charge is 0.333 e. The van der Waals surface area contributed by atoms with Crippen LogP contribution in [0.3, 0.4) is 0 Å². The molecule has 2 amide bonds. The molecule has 1 aromatic heterocycles. The molecule has 0 saturated carbocycles. The van der Waals surface area contributed by atoms with Crippen LogP contribution >= 0.6 is 23.6 Å². The van der Waals surface area contributed by atoms with E-state index in [4.69, 9.17) is 4.33 Å². The van der Waals surface area contributed by atoms with Crippen LogP contribution in [-0.2, 0) is 9.22 Å². The fourth-order valence-corrected chi connectivity index (χ4v) is 4.86. The molecular formula is C24H47N5O3S2. The third kappa shape index (κ3) is 17.4. The molecule has 0 aliphatic heterocycles. The van der Waals surface area contributed by atoms with E-state index >= 15 is 0 Å². The summed E-state index contributed by atoms with van der Waals surface area (Å²) in [5.74, 6) is 0.535. The molecule has 3 N–H and O–H groups in total. The summed E-state index contributed by atoms with van der Waals surface area (Å²) in [5.41, 5.74) is 5.43. The van der Waals surface area contributed by atoms with Gasteiger partial charge in [-0.3, -0.25) is 5.43 Å². The van der Waals surface area contributed by atoms with Crippen LogP contribution in [0.2, 0.25) is 0 Å². The number of hydrogen-bond acceptors (Lipinski definition) is 8. The van der Waals surface area contributed by atoms with Crippen molar-refractivity contribution in [2.45, 2.75) is 122 Å². The molecule has 198 valence electrons. The van der Waals surface area contributed by atoms with Crippen molar-refractivity contribution in [1.82, 2.24) is 20.1 Å². The van der Waals surface area contributed by atoms with Gasteiger partial charge in [0.15, 0.2) is 0 Å². The van der Waals surface area contributed by atoms with Gasteiger partial charge < -0.3 is 5.32 Å². The fraction of sp³-hybridized carbons (Fsp3) is 0.875. The van der Waals surface area contributed by atoms with Gasteiger partial charge in [0.2, 0.25) is 10.3 Å². The van der Waals surface area contributed by atoms with Crippen LogP contribution in [0.4, 0.5) is 9.93 Å². The van der Waals surface area contributed by atoms with E-state index in [0.29, 0.717) is 22.8 Å². The number of carbonyl (C=O) groups is 1. The number of aromatic nitrogens is 2. The zero-order valence-corrected chi connectivity index (χ0v) is 23.2. The van der Waals surface area contributed by atoms with E-state index in [1.165, 1.54) is 110 Å². The molecule has 0 bridgehead atoms. The molecule has 0 aromatic carbocycles. The molecule has 1 rings (SSSR count). The van der Waals surface area contributed by atoms with E-state index in [2.05, 4.69) is 44.3 Å². The zero-order chi connectivity index (χ0) is 24.7. The van der Waals surface area contributed by atoms with E-state index in [9.17, 15) is 4.79 Å². The minimum Gasteiger partial charge on any atom is -0.336 e. The highest BCUT2D eigenvalue weighted by atomic mass is 32.2. The lowest BCUT2D eigenvalue weighted by Crippen LogP contribution is -2.41. The standard InChI is InChI=1S/C24H47N5O3S2/c1-4-6-8-10-12-13-15-17-19-21(18-16-14-11-9-7-5-2)20-25-22(30)27-28-23-26-24(29-33-23)34-32-31-3/h21H,4-20H2,1-3H3,(H2,25,27,30)(H,26,28,29). The Balaban J connectivity index is 2.28. The summed E-state index contributed by atoms with van der Waals surface area (Å²) >= 11 is 2.05. The van der Waals surface area contributed by atoms with Crippen LogP contribution in [0, 0.1) is 5.92 Å². The first-order valence-corrected chi connectivity index (χ1v) is 14.7. The lowest BCUT2D eigenvalue weighted by molar-refractivity contribution is -0.160. The number of anilines is 1. The lowest BCUT2D eigenvalue weighted by Gasteiger charge is -2.18. The first-order chi connectivity index (χ1) is 16.7. The van der Waals surface area contributed by atoms with Gasteiger partial charge in [-0.25, -0.2) is 15.1 Å². The number of nitrogens with one attached hydrogen (secondary N) is 3. The van der Waals surface area contributed by atoms with E-state index in [0.717, 1.165) is 23.6 Å². The van der Waals surface area contributed by atoms with Crippen LogP contribution in [0.5, 0.6) is 0 Å². The molecule has 10 heteroatoms. The highest BCUT2D eigenvalue weighted by Gasteiger charge is 2.12. The van der Waals surface area contributed by atoms with Crippen LogP contribution in [0.1, 0.15) is 117 Å². The van der Waals surface area contributed by atoms with Crippen LogP contribution in [-0.4, -0.2) is 29.0 Å². The second-order valence-corrected chi connectivity index (χ2v) is 10.3. The maximum absolute atomic E-state index is 12.3. The summed E-state index contributed by atoms with van der Waals surface area (Å²) in [5, 5.41) is 3.93. The van der Waals surface area contributed by atoms with Gasteiger partial charge in [0.05, 0.1) is 7.11 Å². The van der Waals surface area contributed by atoms with Gasteiger partial charge in [0.1, 0.15) is 12.0 Å². The monoisotopic (exact) mass is 517 g/mol. The molecule has 1 heterocycles. The molecule has 8 nitrogen and oxygen atoms in total. The molecular weight excluding hydrogens is 470 g/mol. The molecule has 1 aromatic rings. The lowest BCUT2D eigenvalue weighted by atomic mass is 9.94. The highest BCUT2D eigenvalue weighted by molar-refractivity contribution is 7.94. The Bertz CT molecular complexity index is 607. The molecule has 0 saturated heterocycles. The summed E-state index contributed by atoms with van der Waals surface area (Å²) in [6, 6.07) is -0.249. The number of urea groups is 1. The number of rotatable bonds is 23. The Morgan fingerprint density at radius 3 is 2.03 bits per heavy atom. The van der Waals surface area contributed by atoms with Crippen molar-refractivity contribution in [2.24, 2.45) is 5.92 Å². The molecule has 0 aliphatic carbocycles. The van der Waals surface area contributed by atoms with Crippen molar-refractivity contribution in [3.05, 3.63) is 0 Å². The van der Waals surface area contributed by atoms with Crippen molar-refractivity contribution >= 4 is 34.7 Å². The second-order valence-electron chi connectivity index (χ2n) is 8.85. The van der Waals surface area contributed by atoms with Crippen LogP contribution in [0.15, 0.2) is 5.16 Å². The van der Waals surface area contributed by atoms with Gasteiger partial charge in [0, 0.05) is 18.1 Å². The Kier molecular flexibility index (Phi) is 20.3. The molecule has 0 fully saturated rings. The van der Waals surface area contributed by atoms with Gasteiger partial charge in [-0.15, -0.1) is 0 Å². The van der Waals surface area contributed by atoms with Crippen molar-refractivity contribution < 1.29 is 14.0 Å². The quantitative estimate of drug-likeness (QED) is 0.0593. The van der Waals surface area contributed by atoms with Crippen LogP contribution < -0.4 is 16.2 Å². The first-order valence-electron chi connectivity index (χ1n) is 13.2. The normalized spacial score (nSPS) is 12.0. The summed E-state index contributed by atoms with van der Waals surface area (Å²) in [6.45, 7) is 5.22. The van der Waals surface area contributed by atoms with E-state index in [1.807, 2.05) is 0 Å². The number of nitrogens with zero attached hydrogens (tertiary/aromatic N) is 2. The maximum atomic E-state index is 12.3. The SMILES string of the molecule is CCCCCCCCCCC(CCCCCCCC)CNC(=O)NNc1nc(SOOC)ns1. The Morgan fingerprint density at radius 2 is 1.47 bits per heavy atom. The van der Waals surface area contributed by atoms with Gasteiger partial charge in [0.25, 0.3) is 0 Å². The van der Waals surface area contributed by atoms with Crippen molar-refractivity contribution in [2.75, 3.05) is 19.1 Å². The third-order valence-electron chi connectivity index (χ3n) is 5.85. The van der Waals surface area contributed by atoms with E-state index < -0.39 is 0 Å². The zero-order valence-electron chi connectivity index (χ0n) is 21.5. The minimum absolute atomic E-state index is 0.249. The molecule has 1 atom stereocenters. The average molecular weight is 518 g/mol. The predicted molar refractivity (Wildman–Crippen MR) is 143 cm³/mol. The number of unbranched alkanes of at least 4 members (excludes halogenated alkanes) is 12. The number of hydrogen-bond donors (Lipinski definition) is 3. The summed E-state index contributed by atoms with van der Waals surface area (Å²) < 4.78 is 8.81. The molecule has 0 spiro atoms. The topological polar surface area (TPSA) is 97.4 Å².